The molecule has 28 heavy (non-hydrogen) atoms. The van der Waals surface area contributed by atoms with Crippen LogP contribution in [0.3, 0.4) is 0 Å². The average molecular weight is 408 g/mol. The number of hydrogen-bond acceptors (Lipinski definition) is 5. The fourth-order valence-electron chi connectivity index (χ4n) is 2.92. The molecule has 0 saturated heterocycles. The zero-order chi connectivity index (χ0) is 19.9. The third kappa shape index (κ3) is 3.67. The molecule has 0 radical (unpaired) electrons. The van der Waals surface area contributed by atoms with Gasteiger partial charge < -0.3 is 8.60 Å². The van der Waals surface area contributed by atoms with Gasteiger partial charge in [-0.15, -0.1) is 17.4 Å². The van der Waals surface area contributed by atoms with Crippen LogP contribution in [0.2, 0.25) is 0 Å². The molecular formula is C19H11F3O5S. The van der Waals surface area contributed by atoms with Crippen molar-refractivity contribution in [2.24, 2.45) is 0 Å². The van der Waals surface area contributed by atoms with Gasteiger partial charge in [0.1, 0.15) is 11.2 Å². The van der Waals surface area contributed by atoms with Crippen molar-refractivity contribution >= 4 is 32.3 Å². The van der Waals surface area contributed by atoms with Gasteiger partial charge in [0.25, 0.3) is 0 Å². The molecule has 9 heteroatoms. The topological polar surface area (TPSA) is 65.7 Å². The van der Waals surface area contributed by atoms with Crippen LogP contribution in [-0.2, 0) is 14.6 Å². The summed E-state index contributed by atoms with van der Waals surface area (Å²) in [5.74, 6) is -0.326. The summed E-state index contributed by atoms with van der Waals surface area (Å²) in [6.45, 7) is 0. The molecule has 0 fully saturated rings. The summed E-state index contributed by atoms with van der Waals surface area (Å²) in [5.41, 5.74) is 2.51. The summed E-state index contributed by atoms with van der Waals surface area (Å²) in [5, 5.41) is 0.721. The Morgan fingerprint density at radius 3 is 2.29 bits per heavy atom. The normalized spacial score (nSPS) is 12.5. The van der Waals surface area contributed by atoms with Gasteiger partial charge in [-0.1, -0.05) is 42.5 Å². The van der Waals surface area contributed by atoms with Crippen molar-refractivity contribution in [1.82, 2.24) is 0 Å². The second kappa shape index (κ2) is 6.54. The van der Waals surface area contributed by atoms with Crippen LogP contribution in [0.1, 0.15) is 0 Å². The Bertz CT molecular complexity index is 1260. The van der Waals surface area contributed by atoms with Gasteiger partial charge in [0.05, 0.1) is 5.39 Å². The van der Waals surface area contributed by atoms with Crippen molar-refractivity contribution in [2.45, 2.75) is 6.36 Å². The maximum Gasteiger partial charge on any atom is 0.539 e. The molecule has 0 aliphatic heterocycles. The first-order valence-electron chi connectivity index (χ1n) is 7.94. The highest BCUT2D eigenvalue weighted by Crippen LogP contribution is 2.38. The van der Waals surface area contributed by atoms with Crippen LogP contribution >= 0.6 is 0 Å². The SMILES string of the molecule is O=S(=O)(Oc1cccc2oc3cc(-c4ccccc4)ccc3c12)OC(F)(F)F. The van der Waals surface area contributed by atoms with Gasteiger partial charge >= 0.3 is 16.8 Å². The van der Waals surface area contributed by atoms with Crippen LogP contribution < -0.4 is 4.18 Å². The number of benzene rings is 3. The highest BCUT2D eigenvalue weighted by Gasteiger charge is 2.38. The van der Waals surface area contributed by atoms with E-state index in [-0.39, 0.29) is 16.7 Å². The fraction of sp³-hybridized carbons (Fsp3) is 0.0526. The van der Waals surface area contributed by atoms with E-state index in [0.717, 1.165) is 11.1 Å². The molecule has 0 amide bonds. The monoisotopic (exact) mass is 408 g/mol. The molecule has 0 bridgehead atoms. The highest BCUT2D eigenvalue weighted by molar-refractivity contribution is 7.82. The van der Waals surface area contributed by atoms with Crippen molar-refractivity contribution in [3.05, 3.63) is 66.7 Å². The zero-order valence-corrected chi connectivity index (χ0v) is 14.8. The molecule has 5 nitrogen and oxygen atoms in total. The van der Waals surface area contributed by atoms with E-state index in [2.05, 4.69) is 8.37 Å². The molecule has 4 rings (SSSR count). The molecule has 0 atom stereocenters. The molecule has 0 spiro atoms. The van der Waals surface area contributed by atoms with Gasteiger partial charge in [0.15, 0.2) is 5.75 Å². The molecule has 1 aromatic heterocycles. The smallest absolute Gasteiger partial charge is 0.456 e. The Morgan fingerprint density at radius 1 is 0.821 bits per heavy atom. The maximum absolute atomic E-state index is 12.3. The fourth-order valence-corrected chi connectivity index (χ4v) is 3.54. The van der Waals surface area contributed by atoms with Crippen molar-refractivity contribution in [1.29, 1.82) is 0 Å². The lowest BCUT2D eigenvalue weighted by molar-refractivity contribution is -0.274. The number of hydrogen-bond donors (Lipinski definition) is 0. The lowest BCUT2D eigenvalue weighted by atomic mass is 10.0. The Hall–Kier alpha value is -3.04. The molecule has 144 valence electrons. The summed E-state index contributed by atoms with van der Waals surface area (Å²) < 4.78 is 73.3. The first-order valence-corrected chi connectivity index (χ1v) is 9.28. The molecule has 0 aliphatic rings. The van der Waals surface area contributed by atoms with E-state index in [0.29, 0.717) is 11.0 Å². The standard InChI is InChI=1S/C19H11F3O5S/c20-19(21,22)27-28(23,24)26-16-8-4-7-15-18(16)14-10-9-13(11-17(14)25-15)12-5-2-1-3-6-12/h1-11H. The third-order valence-electron chi connectivity index (χ3n) is 3.95. The van der Waals surface area contributed by atoms with E-state index in [4.69, 9.17) is 4.42 Å². The van der Waals surface area contributed by atoms with Crippen LogP contribution in [-0.4, -0.2) is 14.8 Å². The van der Waals surface area contributed by atoms with Crippen molar-refractivity contribution in [3.8, 4) is 16.9 Å². The molecule has 0 N–H and O–H groups in total. The zero-order valence-electron chi connectivity index (χ0n) is 13.9. The first kappa shape index (κ1) is 18.3. The van der Waals surface area contributed by atoms with E-state index >= 15 is 0 Å². The summed E-state index contributed by atoms with van der Waals surface area (Å²) in [4.78, 5) is 0. The van der Waals surface area contributed by atoms with E-state index in [1.165, 1.54) is 12.1 Å². The van der Waals surface area contributed by atoms with Crippen molar-refractivity contribution in [2.75, 3.05) is 0 Å². The minimum atomic E-state index is -5.39. The van der Waals surface area contributed by atoms with E-state index in [9.17, 15) is 21.6 Å². The number of alkyl halides is 3. The van der Waals surface area contributed by atoms with Gasteiger partial charge in [0, 0.05) is 5.39 Å². The molecule has 0 saturated carbocycles. The largest absolute Gasteiger partial charge is 0.539 e. The van der Waals surface area contributed by atoms with Crippen LogP contribution in [0.4, 0.5) is 13.2 Å². The van der Waals surface area contributed by atoms with Gasteiger partial charge in [-0.25, -0.2) is 0 Å². The third-order valence-corrected chi connectivity index (χ3v) is 4.73. The minimum absolute atomic E-state index is 0.228. The molecular weight excluding hydrogens is 397 g/mol. The van der Waals surface area contributed by atoms with E-state index < -0.39 is 16.8 Å². The summed E-state index contributed by atoms with van der Waals surface area (Å²) in [6.07, 6.45) is -5.39. The predicted molar refractivity (Wildman–Crippen MR) is 95.8 cm³/mol. The second-order valence-electron chi connectivity index (χ2n) is 5.83. The lowest BCUT2D eigenvalue weighted by Gasteiger charge is -2.09. The van der Waals surface area contributed by atoms with Gasteiger partial charge in [0.2, 0.25) is 0 Å². The Kier molecular flexibility index (Phi) is 4.28. The quantitative estimate of drug-likeness (QED) is 0.452. The summed E-state index contributed by atoms with van der Waals surface area (Å²) >= 11 is 0. The van der Waals surface area contributed by atoms with Crippen LogP contribution in [0.25, 0.3) is 33.1 Å². The molecule has 0 aliphatic carbocycles. The van der Waals surface area contributed by atoms with E-state index in [1.54, 1.807) is 24.3 Å². The molecule has 4 aromatic rings. The second-order valence-corrected chi connectivity index (χ2v) is 6.98. The Morgan fingerprint density at radius 2 is 1.57 bits per heavy atom. The van der Waals surface area contributed by atoms with Gasteiger partial charge in [-0.05, 0) is 35.4 Å². The van der Waals surface area contributed by atoms with Crippen LogP contribution in [0.15, 0.2) is 71.1 Å². The first-order chi connectivity index (χ1) is 13.2. The predicted octanol–water partition coefficient (Wildman–Crippen LogP) is 5.41. The Balaban J connectivity index is 1.81. The average Bonchev–Trinajstić information content (AvgIpc) is 2.98. The Labute approximate surface area is 157 Å². The van der Waals surface area contributed by atoms with Crippen molar-refractivity contribution in [3.63, 3.8) is 0 Å². The minimum Gasteiger partial charge on any atom is -0.456 e. The molecule has 3 aromatic carbocycles. The number of rotatable bonds is 4. The van der Waals surface area contributed by atoms with Gasteiger partial charge in [-0.2, -0.15) is 8.42 Å². The number of halogens is 3. The number of fused-ring (bicyclic) bond motifs is 3. The summed E-state index contributed by atoms with van der Waals surface area (Å²) in [7, 11) is -5.35. The van der Waals surface area contributed by atoms with E-state index in [1.807, 2.05) is 30.3 Å². The van der Waals surface area contributed by atoms with Gasteiger partial charge in [-0.3, -0.25) is 0 Å². The van der Waals surface area contributed by atoms with Crippen LogP contribution in [0, 0.1) is 0 Å². The van der Waals surface area contributed by atoms with Crippen molar-refractivity contribution < 1.29 is 34.4 Å². The maximum atomic E-state index is 12.3. The summed E-state index contributed by atoms with van der Waals surface area (Å²) in [6, 6.07) is 18.9. The number of furan rings is 1. The molecule has 1 heterocycles. The molecule has 0 unspecified atom stereocenters. The highest BCUT2D eigenvalue weighted by atomic mass is 32.3. The van der Waals surface area contributed by atoms with Crippen LogP contribution in [0.5, 0.6) is 5.75 Å². The lowest BCUT2D eigenvalue weighted by Crippen LogP contribution is -2.23.